The van der Waals surface area contributed by atoms with Crippen molar-refractivity contribution in [1.29, 1.82) is 0 Å². The van der Waals surface area contributed by atoms with Crippen LogP contribution in [0.5, 0.6) is 5.75 Å². The maximum absolute atomic E-state index is 12.7. The van der Waals surface area contributed by atoms with E-state index in [1.54, 1.807) is 31.2 Å². The summed E-state index contributed by atoms with van der Waals surface area (Å²) in [5.41, 5.74) is 8.16. The Hall–Kier alpha value is -3.69. The van der Waals surface area contributed by atoms with Crippen LogP contribution in [0.1, 0.15) is 29.5 Å². The van der Waals surface area contributed by atoms with Crippen molar-refractivity contribution >= 4 is 22.1 Å². The SMILES string of the molecule is CCOC(=O)C(c1ccc(OS(=O)(=O)c2ccc(C)cc2)cc1)C(N)C(=O)OCc1ccccc1. The molecule has 3 aromatic carbocycles. The normalized spacial score (nSPS) is 12.9. The highest BCUT2D eigenvalue weighted by atomic mass is 32.2. The molecule has 9 heteroatoms. The van der Waals surface area contributed by atoms with Crippen molar-refractivity contribution in [3.63, 3.8) is 0 Å². The van der Waals surface area contributed by atoms with Gasteiger partial charge in [0.1, 0.15) is 29.2 Å². The Morgan fingerprint density at radius 1 is 0.857 bits per heavy atom. The lowest BCUT2D eigenvalue weighted by atomic mass is 9.92. The van der Waals surface area contributed by atoms with Crippen LogP contribution in [0.25, 0.3) is 0 Å². The second-order valence-electron chi connectivity index (χ2n) is 7.77. The third-order valence-corrected chi connectivity index (χ3v) is 6.41. The molecule has 0 fully saturated rings. The number of nitrogens with two attached hydrogens (primary N) is 1. The molecular weight excluding hydrogens is 470 g/mol. The Labute approximate surface area is 204 Å². The topological polar surface area (TPSA) is 122 Å². The van der Waals surface area contributed by atoms with Crippen molar-refractivity contribution in [2.24, 2.45) is 5.73 Å². The number of benzene rings is 3. The summed E-state index contributed by atoms with van der Waals surface area (Å²) in [7, 11) is -4.04. The Morgan fingerprint density at radius 2 is 1.49 bits per heavy atom. The van der Waals surface area contributed by atoms with Crippen LogP contribution in [0.3, 0.4) is 0 Å². The summed E-state index contributed by atoms with van der Waals surface area (Å²) in [4.78, 5) is 25.3. The molecule has 0 heterocycles. The van der Waals surface area contributed by atoms with Gasteiger partial charge in [0.05, 0.1) is 6.61 Å². The van der Waals surface area contributed by atoms with Crippen LogP contribution in [0.2, 0.25) is 0 Å². The number of aryl methyl sites for hydroxylation is 1. The molecule has 0 saturated heterocycles. The first kappa shape index (κ1) is 25.9. The van der Waals surface area contributed by atoms with E-state index in [1.165, 1.54) is 36.4 Å². The van der Waals surface area contributed by atoms with Gasteiger partial charge in [-0.1, -0.05) is 60.2 Å². The minimum atomic E-state index is -4.04. The summed E-state index contributed by atoms with van der Waals surface area (Å²) < 4.78 is 40.7. The highest BCUT2D eigenvalue weighted by Crippen LogP contribution is 2.26. The summed E-state index contributed by atoms with van der Waals surface area (Å²) in [6.45, 7) is 3.59. The van der Waals surface area contributed by atoms with E-state index in [0.29, 0.717) is 5.56 Å². The molecule has 2 atom stereocenters. The number of hydrogen-bond acceptors (Lipinski definition) is 8. The van der Waals surface area contributed by atoms with Crippen LogP contribution in [0.4, 0.5) is 0 Å². The fraction of sp³-hybridized carbons (Fsp3) is 0.231. The molecule has 0 aliphatic heterocycles. The number of rotatable bonds is 10. The van der Waals surface area contributed by atoms with Crippen molar-refractivity contribution in [2.75, 3.05) is 6.61 Å². The van der Waals surface area contributed by atoms with E-state index in [2.05, 4.69) is 0 Å². The lowest BCUT2D eigenvalue weighted by Gasteiger charge is -2.21. The predicted molar refractivity (Wildman–Crippen MR) is 129 cm³/mol. The Balaban J connectivity index is 1.76. The summed E-state index contributed by atoms with van der Waals surface area (Å²) >= 11 is 0. The Bertz CT molecular complexity index is 1240. The van der Waals surface area contributed by atoms with Gasteiger partial charge in [-0.3, -0.25) is 9.59 Å². The van der Waals surface area contributed by atoms with Crippen molar-refractivity contribution in [1.82, 2.24) is 0 Å². The van der Waals surface area contributed by atoms with Gasteiger partial charge in [-0.2, -0.15) is 8.42 Å². The average Bonchev–Trinajstić information content (AvgIpc) is 2.84. The van der Waals surface area contributed by atoms with Crippen molar-refractivity contribution in [3.8, 4) is 5.75 Å². The molecule has 3 aromatic rings. The molecule has 3 rings (SSSR count). The molecule has 0 aliphatic rings. The van der Waals surface area contributed by atoms with E-state index >= 15 is 0 Å². The zero-order valence-corrected chi connectivity index (χ0v) is 20.2. The number of carbonyl (C=O) groups is 2. The van der Waals surface area contributed by atoms with Crippen LogP contribution >= 0.6 is 0 Å². The second kappa shape index (κ2) is 11.6. The van der Waals surface area contributed by atoms with Crippen molar-refractivity contribution in [2.45, 2.75) is 37.3 Å². The van der Waals surface area contributed by atoms with Gasteiger partial charge in [-0.05, 0) is 49.2 Å². The fourth-order valence-corrected chi connectivity index (χ4v) is 4.22. The summed E-state index contributed by atoms with van der Waals surface area (Å²) in [6.07, 6.45) is 0. The van der Waals surface area contributed by atoms with E-state index < -0.39 is 34.0 Å². The lowest BCUT2D eigenvalue weighted by molar-refractivity contribution is -0.154. The molecule has 2 N–H and O–H groups in total. The first-order valence-corrected chi connectivity index (χ1v) is 12.4. The predicted octanol–water partition coefficient (Wildman–Crippen LogP) is 3.48. The summed E-state index contributed by atoms with van der Waals surface area (Å²) in [5, 5.41) is 0. The number of hydrogen-bond donors (Lipinski definition) is 1. The minimum absolute atomic E-state index is 0.00651. The molecule has 0 aliphatic carbocycles. The maximum atomic E-state index is 12.7. The maximum Gasteiger partial charge on any atom is 0.339 e. The van der Waals surface area contributed by atoms with E-state index in [1.807, 2.05) is 25.1 Å². The highest BCUT2D eigenvalue weighted by Gasteiger charge is 2.35. The zero-order valence-electron chi connectivity index (χ0n) is 19.4. The molecule has 8 nitrogen and oxygen atoms in total. The first-order valence-electron chi connectivity index (χ1n) is 10.9. The van der Waals surface area contributed by atoms with Gasteiger partial charge in [0.15, 0.2) is 0 Å². The zero-order chi connectivity index (χ0) is 25.4. The van der Waals surface area contributed by atoms with Crippen LogP contribution < -0.4 is 9.92 Å². The summed E-state index contributed by atoms with van der Waals surface area (Å²) in [6, 6.07) is 19.7. The van der Waals surface area contributed by atoms with Crippen LogP contribution in [-0.4, -0.2) is 33.0 Å². The van der Waals surface area contributed by atoms with Crippen LogP contribution in [-0.2, 0) is 35.8 Å². The number of carbonyl (C=O) groups excluding carboxylic acids is 2. The van der Waals surface area contributed by atoms with E-state index in [9.17, 15) is 18.0 Å². The molecule has 0 aromatic heterocycles. The third kappa shape index (κ3) is 6.91. The molecule has 0 bridgehead atoms. The quantitative estimate of drug-likeness (QED) is 0.334. The average molecular weight is 498 g/mol. The van der Waals surface area contributed by atoms with Gasteiger partial charge in [-0.15, -0.1) is 0 Å². The number of esters is 2. The monoisotopic (exact) mass is 497 g/mol. The second-order valence-corrected chi connectivity index (χ2v) is 9.31. The van der Waals surface area contributed by atoms with Crippen molar-refractivity contribution < 1.29 is 31.7 Å². The van der Waals surface area contributed by atoms with E-state index in [0.717, 1.165) is 11.1 Å². The van der Waals surface area contributed by atoms with Crippen LogP contribution in [0, 0.1) is 6.92 Å². The Morgan fingerprint density at radius 3 is 2.09 bits per heavy atom. The third-order valence-electron chi connectivity index (χ3n) is 5.15. The number of ether oxygens (including phenoxy) is 2. The van der Waals surface area contributed by atoms with Gasteiger partial charge in [0.25, 0.3) is 0 Å². The highest BCUT2D eigenvalue weighted by molar-refractivity contribution is 7.87. The van der Waals surface area contributed by atoms with Crippen LogP contribution in [0.15, 0.2) is 83.8 Å². The molecular formula is C26H27NO7S. The minimum Gasteiger partial charge on any atom is -0.465 e. The molecule has 0 amide bonds. The molecule has 0 saturated carbocycles. The first-order chi connectivity index (χ1) is 16.7. The molecule has 0 spiro atoms. The standard InChI is InChI=1S/C26H27NO7S/c1-3-32-25(28)23(24(27)26(29)33-17-19-7-5-4-6-8-19)20-11-13-21(14-12-20)34-35(30,31)22-15-9-18(2)10-16-22/h4-16,23-24H,3,17,27H2,1-2H3. The smallest absolute Gasteiger partial charge is 0.339 e. The van der Waals surface area contributed by atoms with Gasteiger partial charge < -0.3 is 19.4 Å². The largest absolute Gasteiger partial charge is 0.465 e. The van der Waals surface area contributed by atoms with Gasteiger partial charge in [-0.25, -0.2) is 0 Å². The molecule has 2 unspecified atom stereocenters. The summed E-state index contributed by atoms with van der Waals surface area (Å²) in [5.74, 6) is -2.58. The molecule has 35 heavy (non-hydrogen) atoms. The molecule has 184 valence electrons. The lowest BCUT2D eigenvalue weighted by Crippen LogP contribution is -2.42. The van der Waals surface area contributed by atoms with E-state index in [4.69, 9.17) is 19.4 Å². The van der Waals surface area contributed by atoms with Gasteiger partial charge in [0, 0.05) is 0 Å². The van der Waals surface area contributed by atoms with Gasteiger partial charge >= 0.3 is 22.1 Å². The van der Waals surface area contributed by atoms with E-state index in [-0.39, 0.29) is 23.9 Å². The Kier molecular flexibility index (Phi) is 8.62. The fourth-order valence-electron chi connectivity index (χ4n) is 3.29. The van der Waals surface area contributed by atoms with Gasteiger partial charge in [0.2, 0.25) is 0 Å². The van der Waals surface area contributed by atoms with Crippen molar-refractivity contribution in [3.05, 3.63) is 95.6 Å². The molecule has 0 radical (unpaired) electrons.